The first-order valence-electron chi connectivity index (χ1n) is 21.1. The van der Waals surface area contributed by atoms with Gasteiger partial charge in [-0.25, -0.2) is 4.79 Å². The summed E-state index contributed by atoms with van der Waals surface area (Å²) in [6, 6.07) is 39.7. The third-order valence-electron chi connectivity index (χ3n) is 12.0. The van der Waals surface area contributed by atoms with Crippen molar-refractivity contribution >= 4 is 46.7 Å². The fourth-order valence-electron chi connectivity index (χ4n) is 8.39. The van der Waals surface area contributed by atoms with Gasteiger partial charge >= 0.3 is 5.97 Å². The summed E-state index contributed by atoms with van der Waals surface area (Å²) in [5.41, 5.74) is 9.39. The lowest BCUT2D eigenvalue weighted by Crippen LogP contribution is -2.54. The van der Waals surface area contributed by atoms with Gasteiger partial charge < -0.3 is 24.8 Å². The Bertz CT molecular complexity index is 2750. The smallest absolute Gasteiger partial charge is 0.326 e. The molecule has 6 aromatic rings. The SMILES string of the molecule is CC(C)c1ccccc1CN1Cc2cc3c(cc2C[C@H]1C(=O)NC(Cc1ccc(-c2ccc(C#N)cc2)cc1)C(=O)O)N(C)C(=O)[C@H](c1ccc(OCc2ccc(Cl)c(Cl)c2)cc1)O3. The molecular weight excluding hydrogens is 847 g/mol. The van der Waals surface area contributed by atoms with Gasteiger partial charge in [0.2, 0.25) is 12.0 Å². The average molecular weight is 894 g/mol. The van der Waals surface area contributed by atoms with Crippen molar-refractivity contribution in [1.82, 2.24) is 10.2 Å². The van der Waals surface area contributed by atoms with Crippen LogP contribution in [0.5, 0.6) is 11.5 Å². The van der Waals surface area contributed by atoms with Crippen LogP contribution in [-0.2, 0) is 46.9 Å². The fourth-order valence-corrected chi connectivity index (χ4v) is 8.71. The van der Waals surface area contributed by atoms with E-state index < -0.39 is 30.1 Å². The summed E-state index contributed by atoms with van der Waals surface area (Å²) in [4.78, 5) is 44.7. The van der Waals surface area contributed by atoms with Crippen molar-refractivity contribution in [2.24, 2.45) is 0 Å². The molecule has 8 rings (SSSR count). The number of ether oxygens (including phenoxy) is 2. The lowest BCUT2D eigenvalue weighted by molar-refractivity contribution is -0.142. The molecule has 1 unspecified atom stereocenters. The van der Waals surface area contributed by atoms with Crippen molar-refractivity contribution < 1.29 is 29.0 Å². The quantitative estimate of drug-likeness (QED) is 0.117. The number of carbonyl (C=O) groups is 3. The lowest BCUT2D eigenvalue weighted by atomic mass is 9.90. The molecule has 12 heteroatoms. The minimum atomic E-state index is -1.18. The second kappa shape index (κ2) is 19.0. The van der Waals surface area contributed by atoms with Gasteiger partial charge in [0.15, 0.2) is 0 Å². The van der Waals surface area contributed by atoms with Crippen LogP contribution in [0.1, 0.15) is 70.4 Å². The fraction of sp³-hybridized carbons (Fsp3) is 0.231. The average Bonchev–Trinajstić information content (AvgIpc) is 3.30. The molecule has 0 spiro atoms. The predicted octanol–water partition coefficient (Wildman–Crippen LogP) is 10.1. The van der Waals surface area contributed by atoms with E-state index in [0.717, 1.165) is 38.9 Å². The summed E-state index contributed by atoms with van der Waals surface area (Å²) in [6.07, 6.45) is -0.517. The number of carboxylic acids is 1. The van der Waals surface area contributed by atoms with Gasteiger partial charge in [0, 0.05) is 32.1 Å². The highest BCUT2D eigenvalue weighted by molar-refractivity contribution is 6.42. The molecule has 64 heavy (non-hydrogen) atoms. The monoisotopic (exact) mass is 892 g/mol. The van der Waals surface area contributed by atoms with Gasteiger partial charge in [-0.3, -0.25) is 14.5 Å². The number of carbonyl (C=O) groups excluding carboxylic acids is 2. The number of hydrogen-bond donors (Lipinski definition) is 2. The number of rotatable bonds is 13. The number of aliphatic carboxylic acids is 1. The van der Waals surface area contributed by atoms with E-state index in [0.29, 0.717) is 57.9 Å². The number of hydrogen-bond acceptors (Lipinski definition) is 7. The second-order valence-corrected chi connectivity index (χ2v) is 17.4. The number of nitrogens with one attached hydrogen (secondary N) is 1. The van der Waals surface area contributed by atoms with Gasteiger partial charge in [0.05, 0.1) is 33.4 Å². The Balaban J connectivity index is 1.02. The number of anilines is 1. The summed E-state index contributed by atoms with van der Waals surface area (Å²) in [5, 5.41) is 23.4. The van der Waals surface area contributed by atoms with E-state index in [1.54, 1.807) is 48.3 Å². The molecule has 2 aliphatic heterocycles. The molecule has 10 nitrogen and oxygen atoms in total. The van der Waals surface area contributed by atoms with E-state index in [1.807, 2.05) is 78.9 Å². The van der Waals surface area contributed by atoms with Crippen LogP contribution in [0.25, 0.3) is 11.1 Å². The number of nitrogens with zero attached hydrogens (tertiary/aromatic N) is 3. The van der Waals surface area contributed by atoms with Gasteiger partial charge in [-0.15, -0.1) is 0 Å². The molecule has 0 bridgehead atoms. The number of nitriles is 1. The number of halogens is 2. The highest BCUT2D eigenvalue weighted by Gasteiger charge is 2.38. The molecule has 2 amide bonds. The summed E-state index contributed by atoms with van der Waals surface area (Å²) in [5.74, 6) is -0.367. The highest BCUT2D eigenvalue weighted by Crippen LogP contribution is 2.42. The summed E-state index contributed by atoms with van der Waals surface area (Å²) in [7, 11) is 1.72. The Morgan fingerprint density at radius 2 is 1.56 bits per heavy atom. The zero-order valence-electron chi connectivity index (χ0n) is 35.6. The Morgan fingerprint density at radius 3 is 2.23 bits per heavy atom. The van der Waals surface area contributed by atoms with E-state index in [2.05, 4.69) is 42.3 Å². The van der Waals surface area contributed by atoms with E-state index in [4.69, 9.17) is 37.9 Å². The third-order valence-corrected chi connectivity index (χ3v) is 12.7. The van der Waals surface area contributed by atoms with Gasteiger partial charge in [-0.1, -0.05) is 116 Å². The number of fused-ring (bicyclic) bond motifs is 2. The molecule has 324 valence electrons. The van der Waals surface area contributed by atoms with Crippen molar-refractivity contribution in [3.05, 3.63) is 182 Å². The molecule has 0 fully saturated rings. The van der Waals surface area contributed by atoms with E-state index in [9.17, 15) is 19.5 Å². The zero-order valence-corrected chi connectivity index (χ0v) is 37.1. The molecule has 2 heterocycles. The molecule has 0 aliphatic carbocycles. The molecule has 0 saturated carbocycles. The molecule has 2 aliphatic rings. The molecule has 0 aromatic heterocycles. The predicted molar refractivity (Wildman–Crippen MR) is 248 cm³/mol. The molecule has 0 saturated heterocycles. The van der Waals surface area contributed by atoms with Crippen molar-refractivity contribution in [2.45, 2.75) is 70.5 Å². The van der Waals surface area contributed by atoms with Crippen LogP contribution >= 0.6 is 23.2 Å². The summed E-state index contributed by atoms with van der Waals surface area (Å²) in [6.45, 7) is 5.41. The lowest BCUT2D eigenvalue weighted by Gasteiger charge is -2.39. The van der Waals surface area contributed by atoms with Crippen LogP contribution in [0.15, 0.2) is 127 Å². The van der Waals surface area contributed by atoms with Gasteiger partial charge in [-0.05, 0) is 105 Å². The van der Waals surface area contributed by atoms with Crippen LogP contribution in [-0.4, -0.2) is 46.9 Å². The summed E-state index contributed by atoms with van der Waals surface area (Å²) < 4.78 is 12.5. The van der Waals surface area contributed by atoms with Crippen molar-refractivity contribution in [2.75, 3.05) is 11.9 Å². The van der Waals surface area contributed by atoms with Crippen LogP contribution in [0.4, 0.5) is 5.69 Å². The Hall–Kier alpha value is -6.64. The topological polar surface area (TPSA) is 132 Å². The zero-order chi connectivity index (χ0) is 45.1. The first-order chi connectivity index (χ1) is 30.8. The van der Waals surface area contributed by atoms with Gasteiger partial charge in [0.25, 0.3) is 5.91 Å². The molecule has 2 N–H and O–H groups in total. The number of benzene rings is 6. The molecular formula is C52H46Cl2N4O6. The maximum absolute atomic E-state index is 14.4. The number of likely N-dealkylation sites (N-methyl/N-ethyl adjacent to an activating group) is 1. The summed E-state index contributed by atoms with van der Waals surface area (Å²) >= 11 is 12.2. The van der Waals surface area contributed by atoms with Crippen LogP contribution in [0, 0.1) is 11.3 Å². The van der Waals surface area contributed by atoms with E-state index in [-0.39, 0.29) is 24.9 Å². The normalized spacial score (nSPS) is 16.3. The number of carboxylic acid groups (broad SMARTS) is 1. The third kappa shape index (κ3) is 9.63. The minimum absolute atomic E-state index is 0.0849. The first-order valence-corrected chi connectivity index (χ1v) is 21.8. The maximum atomic E-state index is 14.4. The van der Waals surface area contributed by atoms with Gasteiger partial charge in [0.1, 0.15) is 24.1 Å². The van der Waals surface area contributed by atoms with Crippen LogP contribution < -0.4 is 19.7 Å². The van der Waals surface area contributed by atoms with Crippen LogP contribution in [0.3, 0.4) is 0 Å². The first kappa shape index (κ1) is 44.0. The number of amides is 2. The van der Waals surface area contributed by atoms with Gasteiger partial charge in [-0.2, -0.15) is 5.26 Å². The van der Waals surface area contributed by atoms with Crippen LogP contribution in [0.2, 0.25) is 10.0 Å². The van der Waals surface area contributed by atoms with E-state index >= 15 is 0 Å². The highest BCUT2D eigenvalue weighted by atomic mass is 35.5. The Kier molecular flexibility index (Phi) is 13.1. The van der Waals surface area contributed by atoms with Crippen molar-refractivity contribution in [3.63, 3.8) is 0 Å². The van der Waals surface area contributed by atoms with E-state index in [1.165, 1.54) is 5.56 Å². The Morgan fingerprint density at radius 1 is 0.875 bits per heavy atom. The Labute approximate surface area is 382 Å². The molecule has 3 atom stereocenters. The minimum Gasteiger partial charge on any atom is -0.489 e. The van der Waals surface area contributed by atoms with Crippen molar-refractivity contribution in [1.29, 1.82) is 5.26 Å². The van der Waals surface area contributed by atoms with Crippen molar-refractivity contribution in [3.8, 4) is 28.7 Å². The standard InChI is InChI=1S/C52H46Cl2N4O6/c1-31(2)42-7-5-4-6-38(42)28-58-29-40-26-48-46(57(3)51(60)49(64-48)37-17-19-41(20-18-37)63-30-34-12-21-43(53)44(54)22-34)24-39(40)25-47(58)50(59)56-45(52(61)62)23-32-8-13-35(14-9-32)36-15-10-33(27-55)11-16-36/h4-22,24,26,31,45,47,49H,23,25,28-30H2,1-3H3,(H,56,59)(H,61,62)/t45?,47-,49-/m0/s1. The largest absolute Gasteiger partial charge is 0.489 e. The molecule has 6 aromatic carbocycles. The molecule has 0 radical (unpaired) electrons. The second-order valence-electron chi connectivity index (χ2n) is 16.6. The maximum Gasteiger partial charge on any atom is 0.326 e.